The number of nitrogens with zero attached hydrogens (tertiary/aromatic N) is 2. The van der Waals surface area contributed by atoms with Crippen LogP contribution in [-0.2, 0) is 0 Å². The molecular formula is C26H22N4O4S. The summed E-state index contributed by atoms with van der Waals surface area (Å²) < 4.78 is 23.8. The number of fused-ring (bicyclic) bond motifs is 1. The van der Waals surface area contributed by atoms with Gasteiger partial charge in [0.2, 0.25) is 11.9 Å². The Labute approximate surface area is 205 Å². The molecule has 2 aromatic heterocycles. The Kier molecular flexibility index (Phi) is 6.07. The second-order valence-electron chi connectivity index (χ2n) is 7.63. The zero-order valence-corrected chi connectivity index (χ0v) is 19.8. The van der Waals surface area contributed by atoms with E-state index >= 15 is 0 Å². The fraction of sp³-hybridized carbons (Fsp3) is 0.115. The molecule has 0 saturated heterocycles. The maximum absolute atomic E-state index is 7.79. The minimum atomic E-state index is -0.649. The van der Waals surface area contributed by atoms with Crippen LogP contribution < -0.4 is 19.9 Å². The van der Waals surface area contributed by atoms with E-state index in [2.05, 4.69) is 10.1 Å². The molecule has 0 aliphatic carbocycles. The average molecular weight is 487 g/mol. The van der Waals surface area contributed by atoms with Crippen LogP contribution >= 0.6 is 11.3 Å². The third-order valence-corrected chi connectivity index (χ3v) is 6.58. The number of methoxy groups -OCH3 is 2. The van der Waals surface area contributed by atoms with Crippen LogP contribution in [-0.4, -0.2) is 30.2 Å². The Morgan fingerprint density at radius 1 is 0.943 bits per heavy atom. The first-order valence-corrected chi connectivity index (χ1v) is 11.5. The zero-order chi connectivity index (χ0) is 24.4. The minimum Gasteiger partial charge on any atom is -0.493 e. The summed E-state index contributed by atoms with van der Waals surface area (Å²) in [6.07, 6.45) is -0.649. The van der Waals surface area contributed by atoms with E-state index in [-0.39, 0.29) is 5.84 Å². The highest BCUT2D eigenvalue weighted by Gasteiger charge is 2.25. The van der Waals surface area contributed by atoms with Crippen molar-refractivity contribution < 1.29 is 18.7 Å². The van der Waals surface area contributed by atoms with Crippen molar-refractivity contribution >= 4 is 27.3 Å². The Balaban J connectivity index is 1.54. The van der Waals surface area contributed by atoms with Crippen LogP contribution in [0.5, 0.6) is 17.2 Å². The molecule has 0 aliphatic heterocycles. The molecule has 3 aromatic carbocycles. The number of nitrogens with two attached hydrogens (primary N) is 1. The van der Waals surface area contributed by atoms with Crippen LogP contribution in [0.15, 0.2) is 77.3 Å². The summed E-state index contributed by atoms with van der Waals surface area (Å²) >= 11 is 1.44. The molecule has 1 atom stereocenters. The monoisotopic (exact) mass is 486 g/mol. The molecule has 0 radical (unpaired) electrons. The summed E-state index contributed by atoms with van der Waals surface area (Å²) in [5.74, 6) is 2.54. The van der Waals surface area contributed by atoms with E-state index in [1.54, 1.807) is 26.4 Å². The van der Waals surface area contributed by atoms with Crippen LogP contribution in [0.25, 0.3) is 21.5 Å². The summed E-state index contributed by atoms with van der Waals surface area (Å²) in [5.41, 5.74) is 7.28. The number of thiophene rings is 1. The van der Waals surface area contributed by atoms with E-state index in [9.17, 15) is 0 Å². The molecule has 0 aliphatic rings. The molecule has 1 unspecified atom stereocenters. The predicted octanol–water partition coefficient (Wildman–Crippen LogP) is 5.42. The molecule has 2 heterocycles. The second kappa shape index (κ2) is 9.47. The molecule has 35 heavy (non-hydrogen) atoms. The van der Waals surface area contributed by atoms with Crippen LogP contribution in [0.1, 0.15) is 22.4 Å². The Morgan fingerprint density at radius 2 is 1.74 bits per heavy atom. The Hall–Kier alpha value is -4.37. The van der Waals surface area contributed by atoms with Crippen molar-refractivity contribution in [3.05, 3.63) is 89.1 Å². The molecule has 176 valence electrons. The molecule has 0 amide bonds. The van der Waals surface area contributed by atoms with Gasteiger partial charge in [-0.15, -0.1) is 11.3 Å². The summed E-state index contributed by atoms with van der Waals surface area (Å²) in [6.45, 7) is 0. The standard InChI is InChI=1S/C26H22N4O4S/c1-31-19-12-11-16(13-20(19)32-2)25-29-26(34-30-25)23(15-7-4-3-5-8-15)33-18-9-6-10-21-17(18)14-22(35-21)24(27)28/h3-14,23H,1-2H3,(H3,27,28). The lowest BCUT2D eigenvalue weighted by Crippen LogP contribution is -2.10. The molecule has 9 heteroatoms. The van der Waals surface area contributed by atoms with Gasteiger partial charge < -0.3 is 24.5 Å². The number of amidine groups is 1. The van der Waals surface area contributed by atoms with Gasteiger partial charge >= 0.3 is 0 Å². The minimum absolute atomic E-state index is 0.0215. The fourth-order valence-electron chi connectivity index (χ4n) is 3.72. The van der Waals surface area contributed by atoms with Gasteiger partial charge in [-0.3, -0.25) is 5.41 Å². The van der Waals surface area contributed by atoms with Crippen LogP contribution in [0.2, 0.25) is 0 Å². The van der Waals surface area contributed by atoms with Crippen molar-refractivity contribution in [2.75, 3.05) is 14.2 Å². The maximum Gasteiger partial charge on any atom is 0.272 e. The molecule has 8 nitrogen and oxygen atoms in total. The summed E-state index contributed by atoms with van der Waals surface area (Å²) in [5, 5.41) is 12.8. The number of aromatic nitrogens is 2. The number of hydrogen-bond donors (Lipinski definition) is 2. The van der Waals surface area contributed by atoms with Crippen molar-refractivity contribution in [2.24, 2.45) is 5.73 Å². The van der Waals surface area contributed by atoms with Crippen molar-refractivity contribution in [3.63, 3.8) is 0 Å². The smallest absolute Gasteiger partial charge is 0.272 e. The van der Waals surface area contributed by atoms with Gasteiger partial charge in [0, 0.05) is 21.2 Å². The first-order valence-electron chi connectivity index (χ1n) is 10.7. The van der Waals surface area contributed by atoms with Gasteiger partial charge in [0.1, 0.15) is 11.6 Å². The molecule has 0 fully saturated rings. The van der Waals surface area contributed by atoms with Gasteiger partial charge in [-0.1, -0.05) is 41.6 Å². The largest absolute Gasteiger partial charge is 0.493 e. The molecule has 0 spiro atoms. The van der Waals surface area contributed by atoms with Crippen LogP contribution in [0, 0.1) is 5.41 Å². The molecular weight excluding hydrogens is 464 g/mol. The highest BCUT2D eigenvalue weighted by molar-refractivity contribution is 7.20. The van der Waals surface area contributed by atoms with E-state index in [0.717, 1.165) is 21.2 Å². The highest BCUT2D eigenvalue weighted by atomic mass is 32.1. The first kappa shape index (κ1) is 22.4. The molecule has 3 N–H and O–H groups in total. The Morgan fingerprint density at radius 3 is 2.49 bits per heavy atom. The van der Waals surface area contributed by atoms with Gasteiger partial charge in [-0.25, -0.2) is 0 Å². The maximum atomic E-state index is 7.79. The van der Waals surface area contributed by atoms with Gasteiger partial charge in [0.05, 0.1) is 19.1 Å². The first-order chi connectivity index (χ1) is 17.1. The number of benzene rings is 3. The van der Waals surface area contributed by atoms with Crippen molar-refractivity contribution in [3.8, 4) is 28.6 Å². The van der Waals surface area contributed by atoms with Gasteiger partial charge in [-0.2, -0.15) is 4.98 Å². The molecule has 0 bridgehead atoms. The summed E-state index contributed by atoms with van der Waals surface area (Å²) in [6, 6.07) is 22.7. The van der Waals surface area contributed by atoms with E-state index in [0.29, 0.717) is 33.8 Å². The van der Waals surface area contributed by atoms with Crippen molar-refractivity contribution in [2.45, 2.75) is 6.10 Å². The third-order valence-electron chi connectivity index (χ3n) is 5.44. The lowest BCUT2D eigenvalue weighted by atomic mass is 10.1. The third kappa shape index (κ3) is 4.41. The topological polar surface area (TPSA) is 116 Å². The summed E-state index contributed by atoms with van der Waals surface area (Å²) in [4.78, 5) is 5.33. The van der Waals surface area contributed by atoms with E-state index < -0.39 is 6.10 Å². The van der Waals surface area contributed by atoms with Crippen molar-refractivity contribution in [1.82, 2.24) is 10.1 Å². The SMILES string of the molecule is COc1ccc(-c2noc(C(Oc3cccc4sc(C(=N)N)cc34)c3ccccc3)n2)cc1OC. The quantitative estimate of drug-likeness (QED) is 0.222. The number of nitrogens with one attached hydrogen (secondary N) is 1. The molecule has 0 saturated carbocycles. The highest BCUT2D eigenvalue weighted by Crippen LogP contribution is 2.37. The normalized spacial score (nSPS) is 11.8. The van der Waals surface area contributed by atoms with Crippen molar-refractivity contribution in [1.29, 1.82) is 5.41 Å². The van der Waals surface area contributed by atoms with Crippen LogP contribution in [0.4, 0.5) is 0 Å². The van der Waals surface area contributed by atoms with Gasteiger partial charge in [0.15, 0.2) is 11.5 Å². The zero-order valence-electron chi connectivity index (χ0n) is 19.0. The molecule has 5 aromatic rings. The van der Waals surface area contributed by atoms with E-state index in [1.807, 2.05) is 60.7 Å². The number of hydrogen-bond acceptors (Lipinski definition) is 8. The average Bonchev–Trinajstić information content (AvgIpc) is 3.55. The van der Waals surface area contributed by atoms with Gasteiger partial charge in [-0.05, 0) is 36.4 Å². The number of ether oxygens (including phenoxy) is 3. The Bertz CT molecular complexity index is 1500. The predicted molar refractivity (Wildman–Crippen MR) is 135 cm³/mol. The number of rotatable bonds is 8. The van der Waals surface area contributed by atoms with Crippen LogP contribution in [0.3, 0.4) is 0 Å². The number of nitrogen functional groups attached to an aromatic ring is 1. The lowest BCUT2D eigenvalue weighted by Gasteiger charge is -2.16. The summed E-state index contributed by atoms with van der Waals surface area (Å²) in [7, 11) is 3.16. The lowest BCUT2D eigenvalue weighted by molar-refractivity contribution is 0.195. The molecule has 5 rings (SSSR count). The fourth-order valence-corrected chi connectivity index (χ4v) is 4.66. The second-order valence-corrected chi connectivity index (χ2v) is 8.71. The van der Waals surface area contributed by atoms with E-state index in [4.69, 9.17) is 29.9 Å². The van der Waals surface area contributed by atoms with Gasteiger partial charge in [0.25, 0.3) is 5.89 Å². The van der Waals surface area contributed by atoms with E-state index in [1.165, 1.54) is 11.3 Å².